The van der Waals surface area contributed by atoms with E-state index in [4.69, 9.17) is 9.47 Å². The van der Waals surface area contributed by atoms with Crippen molar-refractivity contribution in [3.63, 3.8) is 0 Å². The van der Waals surface area contributed by atoms with Crippen molar-refractivity contribution in [2.24, 2.45) is 5.41 Å². The first-order valence-electron chi connectivity index (χ1n) is 6.10. The molecule has 0 aromatic rings. The van der Waals surface area contributed by atoms with Crippen LogP contribution in [-0.2, 0) is 9.47 Å². The molecule has 0 spiro atoms. The third-order valence-electron chi connectivity index (χ3n) is 3.86. The minimum Gasteiger partial charge on any atom is -0.381 e. The topological polar surface area (TPSA) is 18.5 Å². The summed E-state index contributed by atoms with van der Waals surface area (Å²) >= 11 is 3.68. The van der Waals surface area contributed by atoms with Crippen molar-refractivity contribution in [1.82, 2.24) is 0 Å². The molecule has 0 N–H and O–H groups in total. The van der Waals surface area contributed by atoms with E-state index in [0.717, 1.165) is 25.2 Å². The standard InChI is InChI=1S/C12H21BrO2/c13-10-12(5-8-14-9-6-12)4-3-11-2-1-7-15-11/h11H,1-10H2. The Morgan fingerprint density at radius 1 is 1.20 bits per heavy atom. The third kappa shape index (κ3) is 3.18. The largest absolute Gasteiger partial charge is 0.381 e. The summed E-state index contributed by atoms with van der Waals surface area (Å²) in [7, 11) is 0. The molecule has 0 bridgehead atoms. The van der Waals surface area contributed by atoms with E-state index < -0.39 is 0 Å². The molecule has 0 aromatic heterocycles. The van der Waals surface area contributed by atoms with Crippen molar-refractivity contribution in [3.05, 3.63) is 0 Å². The molecule has 2 saturated heterocycles. The Bertz CT molecular complexity index is 184. The van der Waals surface area contributed by atoms with E-state index in [2.05, 4.69) is 15.9 Å². The average molecular weight is 277 g/mol. The summed E-state index contributed by atoms with van der Waals surface area (Å²) in [5.41, 5.74) is 0.490. The average Bonchev–Trinajstić information content (AvgIpc) is 2.81. The summed E-state index contributed by atoms with van der Waals surface area (Å²) < 4.78 is 11.1. The van der Waals surface area contributed by atoms with E-state index in [0.29, 0.717) is 11.5 Å². The van der Waals surface area contributed by atoms with Crippen LogP contribution in [0.4, 0.5) is 0 Å². The zero-order valence-corrected chi connectivity index (χ0v) is 10.9. The molecule has 1 atom stereocenters. The highest BCUT2D eigenvalue weighted by atomic mass is 79.9. The van der Waals surface area contributed by atoms with Crippen LogP contribution in [0.5, 0.6) is 0 Å². The molecule has 0 radical (unpaired) electrons. The van der Waals surface area contributed by atoms with Gasteiger partial charge in [-0.05, 0) is 43.9 Å². The van der Waals surface area contributed by atoms with Crippen molar-refractivity contribution < 1.29 is 9.47 Å². The monoisotopic (exact) mass is 276 g/mol. The predicted octanol–water partition coefficient (Wildman–Crippen LogP) is 3.14. The number of ether oxygens (including phenoxy) is 2. The van der Waals surface area contributed by atoms with Gasteiger partial charge in [-0.1, -0.05) is 15.9 Å². The highest BCUT2D eigenvalue weighted by Gasteiger charge is 2.32. The highest BCUT2D eigenvalue weighted by Crippen LogP contribution is 2.38. The van der Waals surface area contributed by atoms with Crippen LogP contribution < -0.4 is 0 Å². The normalized spacial score (nSPS) is 30.6. The van der Waals surface area contributed by atoms with Gasteiger partial charge in [0, 0.05) is 25.2 Å². The SMILES string of the molecule is BrCC1(CCC2CCCO2)CCOCC1. The van der Waals surface area contributed by atoms with E-state index in [-0.39, 0.29) is 0 Å². The van der Waals surface area contributed by atoms with Gasteiger partial charge in [-0.3, -0.25) is 0 Å². The van der Waals surface area contributed by atoms with Gasteiger partial charge in [0.15, 0.2) is 0 Å². The molecule has 15 heavy (non-hydrogen) atoms. The van der Waals surface area contributed by atoms with Crippen molar-refractivity contribution in [2.45, 2.75) is 44.6 Å². The fourth-order valence-corrected chi connectivity index (χ4v) is 3.44. The Balaban J connectivity index is 1.78. The lowest BCUT2D eigenvalue weighted by Gasteiger charge is -2.36. The molecule has 2 heterocycles. The van der Waals surface area contributed by atoms with Gasteiger partial charge >= 0.3 is 0 Å². The Labute approximate surface area is 101 Å². The van der Waals surface area contributed by atoms with Gasteiger partial charge in [0.2, 0.25) is 0 Å². The maximum atomic E-state index is 5.69. The summed E-state index contributed by atoms with van der Waals surface area (Å²) in [6, 6.07) is 0. The molecule has 2 rings (SSSR count). The van der Waals surface area contributed by atoms with Gasteiger partial charge in [-0.15, -0.1) is 0 Å². The lowest BCUT2D eigenvalue weighted by Crippen LogP contribution is -2.32. The lowest BCUT2D eigenvalue weighted by molar-refractivity contribution is 0.0121. The van der Waals surface area contributed by atoms with E-state index in [1.54, 1.807) is 0 Å². The maximum Gasteiger partial charge on any atom is 0.0576 e. The molecule has 0 saturated carbocycles. The van der Waals surface area contributed by atoms with Crippen LogP contribution in [0.3, 0.4) is 0 Å². The zero-order valence-electron chi connectivity index (χ0n) is 9.34. The first-order chi connectivity index (χ1) is 7.35. The second kappa shape index (κ2) is 5.65. The van der Waals surface area contributed by atoms with Gasteiger partial charge < -0.3 is 9.47 Å². The fourth-order valence-electron chi connectivity index (χ4n) is 2.59. The summed E-state index contributed by atoms with van der Waals surface area (Å²) in [6.45, 7) is 2.86. The first-order valence-corrected chi connectivity index (χ1v) is 7.22. The van der Waals surface area contributed by atoms with Gasteiger partial charge in [-0.2, -0.15) is 0 Å². The van der Waals surface area contributed by atoms with Crippen molar-refractivity contribution in [3.8, 4) is 0 Å². The second-order valence-electron chi connectivity index (χ2n) is 4.92. The van der Waals surface area contributed by atoms with Crippen LogP contribution in [0.1, 0.15) is 38.5 Å². The number of alkyl halides is 1. The molecule has 0 amide bonds. The van der Waals surface area contributed by atoms with Crippen molar-refractivity contribution in [2.75, 3.05) is 25.2 Å². The molecule has 88 valence electrons. The van der Waals surface area contributed by atoms with Crippen LogP contribution >= 0.6 is 15.9 Å². The van der Waals surface area contributed by atoms with Crippen LogP contribution in [-0.4, -0.2) is 31.3 Å². The van der Waals surface area contributed by atoms with Gasteiger partial charge in [0.25, 0.3) is 0 Å². The van der Waals surface area contributed by atoms with Crippen molar-refractivity contribution >= 4 is 15.9 Å². The number of hydrogen-bond donors (Lipinski definition) is 0. The first kappa shape index (κ1) is 11.9. The maximum absolute atomic E-state index is 5.69. The molecule has 0 aliphatic carbocycles. The van der Waals surface area contributed by atoms with Crippen LogP contribution in [0.25, 0.3) is 0 Å². The third-order valence-corrected chi connectivity index (χ3v) is 5.05. The van der Waals surface area contributed by atoms with Crippen LogP contribution in [0, 0.1) is 5.41 Å². The summed E-state index contributed by atoms with van der Waals surface area (Å²) in [6.07, 6.45) is 8.04. The minimum atomic E-state index is 0.490. The summed E-state index contributed by atoms with van der Waals surface area (Å²) in [5.74, 6) is 0. The Morgan fingerprint density at radius 2 is 2.00 bits per heavy atom. The summed E-state index contributed by atoms with van der Waals surface area (Å²) in [5, 5.41) is 1.12. The zero-order chi connectivity index (χ0) is 10.6. The Kier molecular flexibility index (Phi) is 4.47. The molecule has 2 fully saturated rings. The number of hydrogen-bond acceptors (Lipinski definition) is 2. The van der Waals surface area contributed by atoms with Gasteiger partial charge in [0.1, 0.15) is 0 Å². The molecule has 2 aliphatic heterocycles. The predicted molar refractivity (Wildman–Crippen MR) is 64.5 cm³/mol. The molecular formula is C12H21BrO2. The molecule has 2 aliphatic rings. The van der Waals surface area contributed by atoms with E-state index in [1.165, 1.54) is 38.5 Å². The second-order valence-corrected chi connectivity index (χ2v) is 5.48. The quantitative estimate of drug-likeness (QED) is 0.735. The Morgan fingerprint density at radius 3 is 2.60 bits per heavy atom. The highest BCUT2D eigenvalue weighted by molar-refractivity contribution is 9.09. The summed E-state index contributed by atoms with van der Waals surface area (Å²) in [4.78, 5) is 0. The fraction of sp³-hybridized carbons (Fsp3) is 1.00. The Hall–Kier alpha value is 0.400. The van der Waals surface area contributed by atoms with Gasteiger partial charge in [-0.25, -0.2) is 0 Å². The van der Waals surface area contributed by atoms with Gasteiger partial charge in [0.05, 0.1) is 6.10 Å². The van der Waals surface area contributed by atoms with E-state index >= 15 is 0 Å². The molecule has 1 unspecified atom stereocenters. The number of rotatable bonds is 4. The van der Waals surface area contributed by atoms with Crippen LogP contribution in [0.15, 0.2) is 0 Å². The number of halogens is 1. The minimum absolute atomic E-state index is 0.490. The lowest BCUT2D eigenvalue weighted by atomic mass is 9.77. The molecule has 3 heteroatoms. The van der Waals surface area contributed by atoms with Crippen molar-refractivity contribution in [1.29, 1.82) is 0 Å². The van der Waals surface area contributed by atoms with E-state index in [9.17, 15) is 0 Å². The van der Waals surface area contributed by atoms with Crippen LogP contribution in [0.2, 0.25) is 0 Å². The van der Waals surface area contributed by atoms with E-state index in [1.807, 2.05) is 0 Å². The molecule has 2 nitrogen and oxygen atoms in total. The smallest absolute Gasteiger partial charge is 0.0576 e. The molecular weight excluding hydrogens is 256 g/mol. The molecule has 0 aromatic carbocycles.